The maximum atomic E-state index is 12.0. The number of nitrogens with one attached hydrogen (secondary N) is 1. The summed E-state index contributed by atoms with van der Waals surface area (Å²) in [5.41, 5.74) is 0. The first-order valence-electron chi connectivity index (χ1n) is 5.93. The van der Waals surface area contributed by atoms with Crippen molar-refractivity contribution in [2.24, 2.45) is 0 Å². The number of amides is 1. The van der Waals surface area contributed by atoms with Gasteiger partial charge in [-0.05, 0) is 26.0 Å². The van der Waals surface area contributed by atoms with Crippen molar-refractivity contribution in [1.29, 1.82) is 0 Å². The first-order chi connectivity index (χ1) is 8.16. The summed E-state index contributed by atoms with van der Waals surface area (Å²) in [7, 11) is 0. The number of carbonyl (C=O) groups is 1. The number of ether oxygens (including phenoxy) is 1. The normalized spacial score (nSPS) is 24.5. The van der Waals surface area contributed by atoms with Gasteiger partial charge in [0.2, 0.25) is 0 Å². The molecule has 1 aromatic rings. The van der Waals surface area contributed by atoms with Crippen LogP contribution in [0.5, 0.6) is 5.75 Å². The molecule has 1 saturated heterocycles. The average Bonchev–Trinajstić information content (AvgIpc) is 2.33. The highest BCUT2D eigenvalue weighted by Crippen LogP contribution is 2.13. The Morgan fingerprint density at radius 2 is 2.06 bits per heavy atom. The fourth-order valence-corrected chi connectivity index (χ4v) is 1.92. The van der Waals surface area contributed by atoms with Crippen molar-refractivity contribution in [2.75, 3.05) is 13.1 Å². The lowest BCUT2D eigenvalue weighted by Crippen LogP contribution is -2.56. The Labute approximate surface area is 102 Å². The van der Waals surface area contributed by atoms with Crippen LogP contribution in [0.4, 0.5) is 4.79 Å². The summed E-state index contributed by atoms with van der Waals surface area (Å²) in [6.07, 6.45) is -0.267. The lowest BCUT2D eigenvalue weighted by atomic mass is 10.1. The van der Waals surface area contributed by atoms with Gasteiger partial charge in [0.05, 0.1) is 0 Å². The summed E-state index contributed by atoms with van der Waals surface area (Å²) in [5, 5.41) is 3.33. The molecule has 2 atom stereocenters. The largest absolute Gasteiger partial charge is 0.415 e. The SMILES string of the molecule is CC1CN(C(=O)Oc2ccccc2)C(C)CN1. The minimum absolute atomic E-state index is 0.169. The zero-order valence-corrected chi connectivity index (χ0v) is 10.2. The number of piperazine rings is 1. The number of para-hydroxylation sites is 1. The van der Waals surface area contributed by atoms with E-state index in [4.69, 9.17) is 4.74 Å². The molecule has 92 valence electrons. The van der Waals surface area contributed by atoms with Crippen molar-refractivity contribution in [3.8, 4) is 5.75 Å². The monoisotopic (exact) mass is 234 g/mol. The van der Waals surface area contributed by atoms with Gasteiger partial charge in [0.25, 0.3) is 0 Å². The van der Waals surface area contributed by atoms with Gasteiger partial charge in [0.1, 0.15) is 5.75 Å². The van der Waals surface area contributed by atoms with Crippen molar-refractivity contribution >= 4 is 6.09 Å². The Balaban J connectivity index is 1.99. The molecule has 0 aliphatic carbocycles. The van der Waals surface area contributed by atoms with Gasteiger partial charge in [0, 0.05) is 25.2 Å². The van der Waals surface area contributed by atoms with Crippen LogP contribution in [-0.2, 0) is 0 Å². The molecule has 0 saturated carbocycles. The molecule has 0 spiro atoms. The van der Waals surface area contributed by atoms with Crippen LogP contribution in [0.2, 0.25) is 0 Å². The minimum Gasteiger partial charge on any atom is -0.410 e. The molecule has 1 heterocycles. The smallest absolute Gasteiger partial charge is 0.410 e. The van der Waals surface area contributed by atoms with Crippen LogP contribution in [0.25, 0.3) is 0 Å². The van der Waals surface area contributed by atoms with Crippen molar-refractivity contribution in [3.05, 3.63) is 30.3 Å². The highest BCUT2D eigenvalue weighted by molar-refractivity contribution is 5.71. The highest BCUT2D eigenvalue weighted by Gasteiger charge is 2.27. The van der Waals surface area contributed by atoms with E-state index in [0.717, 1.165) is 6.54 Å². The topological polar surface area (TPSA) is 41.6 Å². The molecule has 4 heteroatoms. The van der Waals surface area contributed by atoms with Gasteiger partial charge < -0.3 is 15.0 Å². The third-order valence-electron chi connectivity index (χ3n) is 2.95. The minimum atomic E-state index is -0.267. The van der Waals surface area contributed by atoms with Gasteiger partial charge in [-0.15, -0.1) is 0 Å². The van der Waals surface area contributed by atoms with Crippen molar-refractivity contribution < 1.29 is 9.53 Å². The van der Waals surface area contributed by atoms with E-state index in [-0.39, 0.29) is 12.1 Å². The number of carbonyl (C=O) groups excluding carboxylic acids is 1. The Kier molecular flexibility index (Phi) is 3.64. The Bertz CT molecular complexity index is 380. The Morgan fingerprint density at radius 1 is 1.35 bits per heavy atom. The fraction of sp³-hybridized carbons (Fsp3) is 0.462. The molecule has 1 fully saturated rings. The summed E-state index contributed by atoms with van der Waals surface area (Å²) in [4.78, 5) is 13.8. The molecule has 1 aliphatic rings. The van der Waals surface area contributed by atoms with Crippen LogP contribution >= 0.6 is 0 Å². The van der Waals surface area contributed by atoms with Crippen LogP contribution < -0.4 is 10.1 Å². The quantitative estimate of drug-likeness (QED) is 0.806. The number of hydrogen-bond acceptors (Lipinski definition) is 3. The molecule has 1 amide bonds. The summed E-state index contributed by atoms with van der Waals surface area (Å²) < 4.78 is 5.33. The van der Waals surface area contributed by atoms with Gasteiger partial charge >= 0.3 is 6.09 Å². The molecule has 0 bridgehead atoms. The van der Waals surface area contributed by atoms with Gasteiger partial charge in [0.15, 0.2) is 0 Å². The summed E-state index contributed by atoms with van der Waals surface area (Å²) >= 11 is 0. The molecule has 0 radical (unpaired) electrons. The van der Waals surface area contributed by atoms with Crippen molar-refractivity contribution in [1.82, 2.24) is 10.2 Å². The van der Waals surface area contributed by atoms with Crippen LogP contribution in [0, 0.1) is 0 Å². The Hall–Kier alpha value is -1.55. The molecule has 1 N–H and O–H groups in total. The third-order valence-corrected chi connectivity index (χ3v) is 2.95. The van der Waals surface area contributed by atoms with Crippen LogP contribution in [-0.4, -0.2) is 36.2 Å². The molecular weight excluding hydrogens is 216 g/mol. The average molecular weight is 234 g/mol. The summed E-state index contributed by atoms with van der Waals surface area (Å²) in [5.74, 6) is 0.593. The van der Waals surface area contributed by atoms with E-state index in [0.29, 0.717) is 18.3 Å². The van der Waals surface area contributed by atoms with Gasteiger partial charge in [-0.2, -0.15) is 0 Å². The van der Waals surface area contributed by atoms with Gasteiger partial charge in [-0.3, -0.25) is 0 Å². The summed E-state index contributed by atoms with van der Waals surface area (Å²) in [6, 6.07) is 9.66. The van der Waals surface area contributed by atoms with Crippen LogP contribution in [0.3, 0.4) is 0 Å². The molecular formula is C13H18N2O2. The highest BCUT2D eigenvalue weighted by atomic mass is 16.6. The van der Waals surface area contributed by atoms with E-state index in [2.05, 4.69) is 12.2 Å². The number of rotatable bonds is 1. The van der Waals surface area contributed by atoms with Crippen LogP contribution in [0.15, 0.2) is 30.3 Å². The number of benzene rings is 1. The zero-order chi connectivity index (χ0) is 12.3. The van der Waals surface area contributed by atoms with E-state index in [9.17, 15) is 4.79 Å². The predicted octanol–water partition coefficient (Wildman–Crippen LogP) is 1.87. The van der Waals surface area contributed by atoms with Gasteiger partial charge in [-0.25, -0.2) is 4.79 Å². The van der Waals surface area contributed by atoms with Crippen molar-refractivity contribution in [2.45, 2.75) is 25.9 Å². The van der Waals surface area contributed by atoms with E-state index in [1.165, 1.54) is 0 Å². The maximum absolute atomic E-state index is 12.0. The lowest BCUT2D eigenvalue weighted by molar-refractivity contribution is 0.113. The second kappa shape index (κ2) is 5.19. The van der Waals surface area contributed by atoms with E-state index < -0.39 is 0 Å². The molecule has 0 aromatic heterocycles. The predicted molar refractivity (Wildman–Crippen MR) is 66.1 cm³/mol. The lowest BCUT2D eigenvalue weighted by Gasteiger charge is -2.36. The number of hydrogen-bond donors (Lipinski definition) is 1. The molecule has 1 aliphatic heterocycles. The Morgan fingerprint density at radius 3 is 2.76 bits per heavy atom. The number of nitrogens with zero attached hydrogens (tertiary/aromatic N) is 1. The molecule has 2 rings (SSSR count). The standard InChI is InChI=1S/C13H18N2O2/c1-10-9-15(11(2)8-14-10)13(16)17-12-6-4-3-5-7-12/h3-7,10-11,14H,8-9H2,1-2H3. The van der Waals surface area contributed by atoms with E-state index in [1.807, 2.05) is 25.1 Å². The zero-order valence-electron chi connectivity index (χ0n) is 10.2. The molecule has 4 nitrogen and oxygen atoms in total. The second-order valence-corrected chi connectivity index (χ2v) is 4.49. The fourth-order valence-electron chi connectivity index (χ4n) is 1.92. The third kappa shape index (κ3) is 2.97. The molecule has 2 unspecified atom stereocenters. The van der Waals surface area contributed by atoms with Gasteiger partial charge in [-0.1, -0.05) is 18.2 Å². The first-order valence-corrected chi connectivity index (χ1v) is 5.93. The first kappa shape index (κ1) is 11.9. The molecule has 1 aromatic carbocycles. The van der Waals surface area contributed by atoms with Crippen molar-refractivity contribution in [3.63, 3.8) is 0 Å². The van der Waals surface area contributed by atoms with Crippen LogP contribution in [0.1, 0.15) is 13.8 Å². The summed E-state index contributed by atoms with van der Waals surface area (Å²) in [6.45, 7) is 5.58. The van der Waals surface area contributed by atoms with E-state index in [1.54, 1.807) is 17.0 Å². The maximum Gasteiger partial charge on any atom is 0.415 e. The second-order valence-electron chi connectivity index (χ2n) is 4.49. The van der Waals surface area contributed by atoms with E-state index >= 15 is 0 Å². The molecule has 17 heavy (non-hydrogen) atoms.